The number of hydrogen-bond acceptors (Lipinski definition) is 4. The van der Waals surface area contributed by atoms with Crippen LogP contribution in [0.3, 0.4) is 0 Å². The molecule has 0 spiro atoms. The first-order valence-electron chi connectivity index (χ1n) is 5.65. The molecular weight excluding hydrogens is 218 g/mol. The summed E-state index contributed by atoms with van der Waals surface area (Å²) in [4.78, 5) is 10.9. The molecule has 0 unspecified atom stereocenters. The molecule has 1 N–H and O–H groups in total. The van der Waals surface area contributed by atoms with E-state index in [9.17, 15) is 4.79 Å². The molecule has 0 aliphatic rings. The maximum Gasteiger partial charge on any atom is 0.343 e. The zero-order valence-corrected chi connectivity index (χ0v) is 10.5. The van der Waals surface area contributed by atoms with Crippen molar-refractivity contribution in [2.45, 2.75) is 13.8 Å². The Bertz CT molecular complexity index is 346. The number of ether oxygens (including phenoxy) is 2. The molecule has 4 nitrogen and oxygen atoms in total. The van der Waals surface area contributed by atoms with E-state index in [4.69, 9.17) is 4.74 Å². The first-order chi connectivity index (χ1) is 8.11. The van der Waals surface area contributed by atoms with E-state index in [-0.39, 0.29) is 12.6 Å². The van der Waals surface area contributed by atoms with Gasteiger partial charge in [0.2, 0.25) is 0 Å². The van der Waals surface area contributed by atoms with Gasteiger partial charge in [0.15, 0.2) is 6.61 Å². The van der Waals surface area contributed by atoms with E-state index in [2.05, 4.69) is 23.9 Å². The van der Waals surface area contributed by atoms with E-state index >= 15 is 0 Å². The summed E-state index contributed by atoms with van der Waals surface area (Å²) in [6.45, 7) is 5.18. The first-order valence-corrected chi connectivity index (χ1v) is 5.65. The third-order valence-corrected chi connectivity index (χ3v) is 2.15. The van der Waals surface area contributed by atoms with Crippen molar-refractivity contribution in [1.82, 2.24) is 0 Å². The molecule has 0 amide bonds. The zero-order chi connectivity index (χ0) is 12.7. The third-order valence-electron chi connectivity index (χ3n) is 2.15. The van der Waals surface area contributed by atoms with E-state index in [0.717, 1.165) is 12.2 Å². The molecule has 0 aliphatic carbocycles. The predicted octanol–water partition coefficient (Wildman–Crippen LogP) is 2.31. The molecule has 0 aromatic heterocycles. The van der Waals surface area contributed by atoms with E-state index in [1.807, 2.05) is 24.3 Å². The van der Waals surface area contributed by atoms with Crippen molar-refractivity contribution in [2.24, 2.45) is 5.92 Å². The van der Waals surface area contributed by atoms with Crippen LogP contribution in [-0.2, 0) is 9.53 Å². The third kappa shape index (κ3) is 5.24. The van der Waals surface area contributed by atoms with Crippen LogP contribution < -0.4 is 10.1 Å². The van der Waals surface area contributed by atoms with Crippen LogP contribution >= 0.6 is 0 Å². The Morgan fingerprint density at radius 1 is 1.29 bits per heavy atom. The van der Waals surface area contributed by atoms with E-state index in [0.29, 0.717) is 11.7 Å². The number of benzene rings is 1. The summed E-state index contributed by atoms with van der Waals surface area (Å²) in [5.74, 6) is 0.878. The molecule has 0 saturated carbocycles. The highest BCUT2D eigenvalue weighted by Crippen LogP contribution is 2.15. The van der Waals surface area contributed by atoms with Crippen LogP contribution in [0.4, 0.5) is 5.69 Å². The highest BCUT2D eigenvalue weighted by Gasteiger charge is 2.01. The van der Waals surface area contributed by atoms with Crippen LogP contribution in [0.1, 0.15) is 13.8 Å². The van der Waals surface area contributed by atoms with Gasteiger partial charge >= 0.3 is 5.97 Å². The molecule has 0 atom stereocenters. The van der Waals surface area contributed by atoms with E-state index in [1.165, 1.54) is 7.11 Å². The number of hydrogen-bond donors (Lipinski definition) is 1. The Balaban J connectivity index is 2.42. The van der Waals surface area contributed by atoms with Gasteiger partial charge < -0.3 is 14.8 Å². The lowest BCUT2D eigenvalue weighted by molar-refractivity contribution is -0.142. The van der Waals surface area contributed by atoms with Crippen molar-refractivity contribution in [3.63, 3.8) is 0 Å². The van der Waals surface area contributed by atoms with Gasteiger partial charge in [-0.15, -0.1) is 0 Å². The average Bonchev–Trinajstić information content (AvgIpc) is 2.34. The molecule has 0 saturated heterocycles. The molecule has 0 fully saturated rings. The van der Waals surface area contributed by atoms with Gasteiger partial charge in [-0.3, -0.25) is 0 Å². The van der Waals surface area contributed by atoms with Crippen molar-refractivity contribution < 1.29 is 14.3 Å². The molecular formula is C13H19NO3. The lowest BCUT2D eigenvalue weighted by Crippen LogP contribution is -2.12. The molecule has 0 heterocycles. The highest BCUT2D eigenvalue weighted by molar-refractivity contribution is 5.70. The number of carbonyl (C=O) groups is 1. The van der Waals surface area contributed by atoms with E-state index in [1.54, 1.807) is 0 Å². The Morgan fingerprint density at radius 2 is 1.94 bits per heavy atom. The number of rotatable bonds is 6. The minimum Gasteiger partial charge on any atom is -0.482 e. The minimum atomic E-state index is -0.382. The number of nitrogens with one attached hydrogen (secondary N) is 1. The van der Waals surface area contributed by atoms with Crippen molar-refractivity contribution in [3.8, 4) is 5.75 Å². The number of carbonyl (C=O) groups excluding carboxylic acids is 1. The maximum atomic E-state index is 10.9. The molecule has 0 aliphatic heterocycles. The Morgan fingerprint density at radius 3 is 2.47 bits per heavy atom. The van der Waals surface area contributed by atoms with Crippen molar-refractivity contribution in [3.05, 3.63) is 24.3 Å². The van der Waals surface area contributed by atoms with Crippen LogP contribution in [0, 0.1) is 5.92 Å². The summed E-state index contributed by atoms with van der Waals surface area (Å²) < 4.78 is 9.72. The molecule has 4 heteroatoms. The summed E-state index contributed by atoms with van der Waals surface area (Å²) in [5.41, 5.74) is 1.05. The van der Waals surface area contributed by atoms with Gasteiger partial charge in [0.25, 0.3) is 0 Å². The van der Waals surface area contributed by atoms with E-state index < -0.39 is 0 Å². The van der Waals surface area contributed by atoms with Gasteiger partial charge in [-0.25, -0.2) is 4.79 Å². The highest BCUT2D eigenvalue weighted by atomic mass is 16.6. The van der Waals surface area contributed by atoms with Gasteiger partial charge in [0, 0.05) is 12.2 Å². The Hall–Kier alpha value is -1.71. The predicted molar refractivity (Wildman–Crippen MR) is 67.3 cm³/mol. The largest absolute Gasteiger partial charge is 0.482 e. The van der Waals surface area contributed by atoms with Crippen molar-refractivity contribution >= 4 is 11.7 Å². The maximum absolute atomic E-state index is 10.9. The van der Waals surface area contributed by atoms with Gasteiger partial charge in [-0.05, 0) is 30.2 Å². The molecule has 0 bridgehead atoms. The van der Waals surface area contributed by atoms with Crippen LogP contribution in [-0.4, -0.2) is 26.2 Å². The molecule has 0 radical (unpaired) electrons. The molecule has 1 aromatic carbocycles. The molecule has 1 aromatic rings. The lowest BCUT2D eigenvalue weighted by atomic mass is 10.2. The molecule has 94 valence electrons. The summed E-state index contributed by atoms with van der Waals surface area (Å²) >= 11 is 0. The van der Waals surface area contributed by atoms with Gasteiger partial charge in [0.05, 0.1) is 7.11 Å². The summed E-state index contributed by atoms with van der Waals surface area (Å²) in [6.07, 6.45) is 0. The number of esters is 1. The second-order valence-electron chi connectivity index (χ2n) is 4.16. The Kier molecular flexibility index (Phi) is 5.33. The average molecular weight is 237 g/mol. The topological polar surface area (TPSA) is 47.6 Å². The van der Waals surface area contributed by atoms with Gasteiger partial charge in [-0.2, -0.15) is 0 Å². The van der Waals surface area contributed by atoms with Crippen LogP contribution in [0.25, 0.3) is 0 Å². The summed E-state index contributed by atoms with van der Waals surface area (Å²) in [5, 5.41) is 3.30. The van der Waals surface area contributed by atoms with Crippen LogP contribution in [0.15, 0.2) is 24.3 Å². The quantitative estimate of drug-likeness (QED) is 0.771. The number of methoxy groups -OCH3 is 1. The number of anilines is 1. The zero-order valence-electron chi connectivity index (χ0n) is 10.5. The Labute approximate surface area is 102 Å². The second-order valence-corrected chi connectivity index (χ2v) is 4.16. The first kappa shape index (κ1) is 13.4. The molecule has 17 heavy (non-hydrogen) atoms. The van der Waals surface area contributed by atoms with Gasteiger partial charge in [0.1, 0.15) is 5.75 Å². The van der Waals surface area contributed by atoms with Gasteiger partial charge in [-0.1, -0.05) is 13.8 Å². The fourth-order valence-electron chi connectivity index (χ4n) is 1.19. The minimum absolute atomic E-state index is 0.0602. The smallest absolute Gasteiger partial charge is 0.343 e. The lowest BCUT2D eigenvalue weighted by Gasteiger charge is -2.10. The fourth-order valence-corrected chi connectivity index (χ4v) is 1.19. The molecule has 1 rings (SSSR count). The van der Waals surface area contributed by atoms with Crippen molar-refractivity contribution in [1.29, 1.82) is 0 Å². The standard InChI is InChI=1S/C13H19NO3/c1-10(2)8-14-11-4-6-12(7-5-11)17-9-13(15)16-3/h4-7,10,14H,8-9H2,1-3H3. The second kappa shape index (κ2) is 6.78. The van der Waals surface area contributed by atoms with Crippen molar-refractivity contribution in [2.75, 3.05) is 25.6 Å². The summed E-state index contributed by atoms with van der Waals surface area (Å²) in [6, 6.07) is 7.50. The monoisotopic (exact) mass is 237 g/mol. The van der Waals surface area contributed by atoms with Crippen LogP contribution in [0.2, 0.25) is 0 Å². The summed E-state index contributed by atoms with van der Waals surface area (Å²) in [7, 11) is 1.34. The van der Waals surface area contributed by atoms with Crippen LogP contribution in [0.5, 0.6) is 5.75 Å². The normalized spacial score (nSPS) is 10.1. The SMILES string of the molecule is COC(=O)COc1ccc(NCC(C)C)cc1. The fraction of sp³-hybridized carbons (Fsp3) is 0.462.